The Kier molecular flexibility index (Phi) is 3.95. The van der Waals surface area contributed by atoms with Gasteiger partial charge in [0.15, 0.2) is 0 Å². The summed E-state index contributed by atoms with van der Waals surface area (Å²) in [7, 11) is 1.37. The summed E-state index contributed by atoms with van der Waals surface area (Å²) in [4.78, 5) is 17.4. The van der Waals surface area contributed by atoms with Gasteiger partial charge in [-0.2, -0.15) is 0 Å². The van der Waals surface area contributed by atoms with Crippen molar-refractivity contribution < 1.29 is 14.4 Å². The minimum atomic E-state index is -0.393. The van der Waals surface area contributed by atoms with E-state index < -0.39 is 5.97 Å². The third-order valence-electron chi connectivity index (χ3n) is 2.76. The zero-order valence-corrected chi connectivity index (χ0v) is 12.2. The van der Waals surface area contributed by atoms with Crippen molar-refractivity contribution in [2.24, 2.45) is 0 Å². The van der Waals surface area contributed by atoms with Gasteiger partial charge in [0.25, 0.3) is 0 Å². The van der Waals surface area contributed by atoms with Gasteiger partial charge in [-0.1, -0.05) is 24.3 Å². The van der Waals surface area contributed by atoms with E-state index in [4.69, 9.17) is 9.57 Å². The molecule has 20 heavy (non-hydrogen) atoms. The van der Waals surface area contributed by atoms with Crippen LogP contribution >= 0.6 is 0 Å². The highest BCUT2D eigenvalue weighted by molar-refractivity contribution is 6.01. The van der Waals surface area contributed by atoms with Gasteiger partial charge < -0.3 is 4.74 Å². The average Bonchev–Trinajstić information content (AvgIpc) is 2.42. The summed E-state index contributed by atoms with van der Waals surface area (Å²) in [5, 5.41) is 2.01. The van der Waals surface area contributed by atoms with Crippen LogP contribution in [-0.2, 0) is 9.57 Å². The molecule has 0 unspecified atom stereocenters. The Bertz CT molecular complexity index is 629. The van der Waals surface area contributed by atoms with Gasteiger partial charge in [0.05, 0.1) is 24.0 Å². The number of hydrogen-bond acceptors (Lipinski definition) is 4. The number of benzene rings is 2. The summed E-state index contributed by atoms with van der Waals surface area (Å²) in [5.74, 6) is -0.393. The Balaban J connectivity index is 2.46. The van der Waals surface area contributed by atoms with E-state index in [1.54, 1.807) is 6.07 Å². The molecule has 106 valence electrons. The summed E-state index contributed by atoms with van der Waals surface area (Å²) in [5.41, 5.74) is 3.55. The van der Waals surface area contributed by atoms with E-state index in [2.05, 4.69) is 5.48 Å². The van der Waals surface area contributed by atoms with Gasteiger partial charge in [0.2, 0.25) is 0 Å². The fourth-order valence-electron chi connectivity index (χ4n) is 1.81. The standard InChI is InChI=1S/C16H19NO3/c1-16(2,3)20-17-14-10-12-8-6-5-7-11(12)9-13(14)15(18)19-4/h5-10,17H,1-4H3. The topological polar surface area (TPSA) is 47.6 Å². The van der Waals surface area contributed by atoms with Crippen LogP contribution in [0.1, 0.15) is 31.1 Å². The van der Waals surface area contributed by atoms with Crippen molar-refractivity contribution in [3.05, 3.63) is 42.0 Å². The van der Waals surface area contributed by atoms with E-state index >= 15 is 0 Å². The number of anilines is 1. The van der Waals surface area contributed by atoms with Gasteiger partial charge in [0, 0.05) is 0 Å². The summed E-state index contributed by atoms with van der Waals surface area (Å²) in [6.07, 6.45) is 0. The van der Waals surface area contributed by atoms with Crippen LogP contribution in [0.2, 0.25) is 0 Å². The predicted octanol–water partition coefficient (Wildman–Crippen LogP) is 3.77. The first kappa shape index (κ1) is 14.3. The largest absolute Gasteiger partial charge is 0.465 e. The monoisotopic (exact) mass is 273 g/mol. The molecule has 0 amide bonds. The van der Waals surface area contributed by atoms with Crippen molar-refractivity contribution in [3.63, 3.8) is 0 Å². The van der Waals surface area contributed by atoms with Crippen molar-refractivity contribution in [1.82, 2.24) is 0 Å². The Labute approximate surface area is 118 Å². The zero-order valence-electron chi connectivity index (χ0n) is 12.2. The lowest BCUT2D eigenvalue weighted by Crippen LogP contribution is -2.23. The molecule has 0 bridgehead atoms. The highest BCUT2D eigenvalue weighted by atomic mass is 16.7. The van der Waals surface area contributed by atoms with Crippen LogP contribution in [0.3, 0.4) is 0 Å². The Morgan fingerprint density at radius 2 is 1.70 bits per heavy atom. The molecule has 0 heterocycles. The average molecular weight is 273 g/mol. The summed E-state index contributed by atoms with van der Waals surface area (Å²) >= 11 is 0. The second kappa shape index (κ2) is 5.51. The number of esters is 1. The molecule has 0 atom stereocenters. The van der Waals surface area contributed by atoms with E-state index in [-0.39, 0.29) is 5.60 Å². The van der Waals surface area contributed by atoms with Gasteiger partial charge >= 0.3 is 5.97 Å². The molecule has 0 aromatic heterocycles. The maximum atomic E-state index is 11.9. The van der Waals surface area contributed by atoms with Crippen molar-refractivity contribution in [3.8, 4) is 0 Å². The summed E-state index contributed by atoms with van der Waals surface area (Å²) < 4.78 is 4.82. The van der Waals surface area contributed by atoms with Gasteiger partial charge in [-0.15, -0.1) is 0 Å². The molecule has 0 aliphatic heterocycles. The van der Waals surface area contributed by atoms with Gasteiger partial charge in [-0.3, -0.25) is 10.3 Å². The number of fused-ring (bicyclic) bond motifs is 1. The highest BCUT2D eigenvalue weighted by Crippen LogP contribution is 2.25. The minimum absolute atomic E-state index is 0.362. The zero-order chi connectivity index (χ0) is 14.8. The summed E-state index contributed by atoms with van der Waals surface area (Å²) in [6, 6.07) is 11.5. The van der Waals surface area contributed by atoms with Crippen molar-refractivity contribution in [2.75, 3.05) is 12.6 Å². The SMILES string of the molecule is COC(=O)c1cc2ccccc2cc1NOC(C)(C)C. The first-order chi connectivity index (χ1) is 9.40. The van der Waals surface area contributed by atoms with Crippen LogP contribution in [0, 0.1) is 0 Å². The van der Waals surface area contributed by atoms with E-state index in [1.165, 1.54) is 7.11 Å². The molecule has 0 spiro atoms. The van der Waals surface area contributed by atoms with E-state index in [0.29, 0.717) is 11.3 Å². The molecule has 0 aliphatic rings. The van der Waals surface area contributed by atoms with E-state index in [0.717, 1.165) is 10.8 Å². The third kappa shape index (κ3) is 3.27. The van der Waals surface area contributed by atoms with Gasteiger partial charge in [0.1, 0.15) is 0 Å². The van der Waals surface area contributed by atoms with Crippen LogP contribution in [0.15, 0.2) is 36.4 Å². The quantitative estimate of drug-likeness (QED) is 0.683. The molecular formula is C16H19NO3. The van der Waals surface area contributed by atoms with Crippen LogP contribution < -0.4 is 5.48 Å². The maximum absolute atomic E-state index is 11.9. The predicted molar refractivity (Wildman–Crippen MR) is 79.7 cm³/mol. The first-order valence-electron chi connectivity index (χ1n) is 6.46. The number of hydrogen-bond donors (Lipinski definition) is 1. The second-order valence-corrected chi connectivity index (χ2v) is 5.55. The van der Waals surface area contributed by atoms with Crippen LogP contribution in [0.4, 0.5) is 5.69 Å². The first-order valence-corrected chi connectivity index (χ1v) is 6.46. The number of rotatable bonds is 3. The normalized spacial score (nSPS) is 11.4. The minimum Gasteiger partial charge on any atom is -0.465 e. The van der Waals surface area contributed by atoms with Gasteiger partial charge in [-0.25, -0.2) is 4.79 Å². The van der Waals surface area contributed by atoms with Crippen molar-refractivity contribution >= 4 is 22.4 Å². The molecular weight excluding hydrogens is 254 g/mol. The van der Waals surface area contributed by atoms with E-state index in [9.17, 15) is 4.79 Å². The number of methoxy groups -OCH3 is 1. The molecule has 0 saturated heterocycles. The molecule has 0 saturated carbocycles. The number of carbonyl (C=O) groups is 1. The number of ether oxygens (including phenoxy) is 1. The van der Waals surface area contributed by atoms with Crippen molar-refractivity contribution in [2.45, 2.75) is 26.4 Å². The molecule has 2 aromatic carbocycles. The lowest BCUT2D eigenvalue weighted by Gasteiger charge is -2.21. The molecule has 4 heteroatoms. The lowest BCUT2D eigenvalue weighted by atomic mass is 10.1. The molecule has 0 fully saturated rings. The molecule has 0 radical (unpaired) electrons. The van der Waals surface area contributed by atoms with Gasteiger partial charge in [-0.05, 0) is 43.7 Å². The molecule has 0 aliphatic carbocycles. The Morgan fingerprint density at radius 3 is 2.25 bits per heavy atom. The maximum Gasteiger partial charge on any atom is 0.340 e. The highest BCUT2D eigenvalue weighted by Gasteiger charge is 2.16. The second-order valence-electron chi connectivity index (χ2n) is 5.55. The Morgan fingerprint density at radius 1 is 1.10 bits per heavy atom. The lowest BCUT2D eigenvalue weighted by molar-refractivity contribution is 0.0366. The fourth-order valence-corrected chi connectivity index (χ4v) is 1.81. The van der Waals surface area contributed by atoms with E-state index in [1.807, 2.05) is 51.1 Å². The van der Waals surface area contributed by atoms with Crippen LogP contribution in [0.25, 0.3) is 10.8 Å². The molecule has 2 rings (SSSR count). The smallest absolute Gasteiger partial charge is 0.340 e. The summed E-state index contributed by atoms with van der Waals surface area (Å²) in [6.45, 7) is 5.79. The molecule has 4 nitrogen and oxygen atoms in total. The van der Waals surface area contributed by atoms with Crippen molar-refractivity contribution in [1.29, 1.82) is 0 Å². The van der Waals surface area contributed by atoms with Crippen LogP contribution in [-0.4, -0.2) is 18.7 Å². The molecule has 1 N–H and O–H groups in total. The number of carbonyl (C=O) groups excluding carboxylic acids is 1. The molecule has 2 aromatic rings. The fraction of sp³-hybridized carbons (Fsp3) is 0.312. The van der Waals surface area contributed by atoms with Crippen LogP contribution in [0.5, 0.6) is 0 Å². The Hall–Kier alpha value is -2.07. The third-order valence-corrected chi connectivity index (χ3v) is 2.76. The number of nitrogens with one attached hydrogen (secondary N) is 1.